The highest BCUT2D eigenvalue weighted by atomic mass is 32.2. The van der Waals surface area contributed by atoms with Gasteiger partial charge in [0.05, 0.1) is 0 Å². The van der Waals surface area contributed by atoms with Crippen molar-refractivity contribution < 1.29 is 17.7 Å². The second-order valence-corrected chi connectivity index (χ2v) is 6.52. The molecule has 0 spiro atoms. The van der Waals surface area contributed by atoms with Crippen molar-refractivity contribution in [1.82, 2.24) is 0 Å². The summed E-state index contributed by atoms with van der Waals surface area (Å²) in [6.45, 7) is 0. The van der Waals surface area contributed by atoms with Crippen molar-refractivity contribution >= 4 is 21.1 Å². The molecule has 0 amide bonds. The Bertz CT molecular complexity index is 799. The second-order valence-electron chi connectivity index (χ2n) is 5.37. The van der Waals surface area contributed by atoms with Crippen LogP contribution in [0.5, 0.6) is 11.5 Å². The Labute approximate surface area is 123 Å². The van der Waals surface area contributed by atoms with E-state index in [0.29, 0.717) is 0 Å². The lowest BCUT2D eigenvalue weighted by molar-refractivity contribution is 0.468. The lowest BCUT2D eigenvalue weighted by atomic mass is 9.94. The first kappa shape index (κ1) is 14.2. The number of phenols is 1. The van der Waals surface area contributed by atoms with Crippen LogP contribution in [-0.4, -0.2) is 13.5 Å². The maximum atomic E-state index is 11.0. The van der Waals surface area contributed by atoms with Gasteiger partial charge in [-0.3, -0.25) is 0 Å². The van der Waals surface area contributed by atoms with Crippen molar-refractivity contribution in [2.24, 2.45) is 5.14 Å². The molecule has 0 saturated heterocycles. The summed E-state index contributed by atoms with van der Waals surface area (Å²) in [6.07, 6.45) is 5.14. The highest BCUT2D eigenvalue weighted by molar-refractivity contribution is 7.84. The van der Waals surface area contributed by atoms with Gasteiger partial charge in [0.1, 0.15) is 11.5 Å². The normalized spacial score (nSPS) is 15.5. The molecule has 1 aliphatic rings. The van der Waals surface area contributed by atoms with Crippen LogP contribution in [0.3, 0.4) is 0 Å². The van der Waals surface area contributed by atoms with Gasteiger partial charge >= 0.3 is 10.3 Å². The summed E-state index contributed by atoms with van der Waals surface area (Å²) in [6, 6.07) is 6.68. The van der Waals surface area contributed by atoms with E-state index in [1.807, 2.05) is 6.07 Å². The topological polar surface area (TPSA) is 89.6 Å². The molecule has 6 heteroatoms. The lowest BCUT2D eigenvalue weighted by Crippen LogP contribution is -2.18. The van der Waals surface area contributed by atoms with Gasteiger partial charge in [0.25, 0.3) is 0 Å². The Hall–Kier alpha value is -1.79. The molecule has 0 fully saturated rings. The number of rotatable bonds is 2. The molecular formula is C15H17NO4S. The van der Waals surface area contributed by atoms with Crippen LogP contribution >= 0.6 is 0 Å². The van der Waals surface area contributed by atoms with Crippen LogP contribution in [0.4, 0.5) is 0 Å². The van der Waals surface area contributed by atoms with E-state index < -0.39 is 10.3 Å². The highest BCUT2D eigenvalue weighted by Gasteiger charge is 2.16. The lowest BCUT2D eigenvalue weighted by Gasteiger charge is -2.13. The van der Waals surface area contributed by atoms with E-state index >= 15 is 0 Å². The third-order valence-corrected chi connectivity index (χ3v) is 4.30. The summed E-state index contributed by atoms with van der Waals surface area (Å²) in [4.78, 5) is 0. The Morgan fingerprint density at radius 1 is 1.05 bits per heavy atom. The average molecular weight is 307 g/mol. The molecule has 0 radical (unpaired) electrons. The van der Waals surface area contributed by atoms with Crippen LogP contribution in [-0.2, 0) is 23.1 Å². The maximum Gasteiger partial charge on any atom is 0.380 e. The van der Waals surface area contributed by atoms with Crippen molar-refractivity contribution in [3.63, 3.8) is 0 Å². The zero-order chi connectivity index (χ0) is 15.0. The molecule has 112 valence electrons. The molecule has 1 aliphatic carbocycles. The molecule has 5 nitrogen and oxygen atoms in total. The van der Waals surface area contributed by atoms with Gasteiger partial charge in [0.15, 0.2) is 0 Å². The van der Waals surface area contributed by atoms with Gasteiger partial charge in [-0.2, -0.15) is 13.6 Å². The van der Waals surface area contributed by atoms with Crippen LogP contribution < -0.4 is 9.32 Å². The minimum Gasteiger partial charge on any atom is -0.508 e. The van der Waals surface area contributed by atoms with Crippen molar-refractivity contribution in [3.05, 3.63) is 35.4 Å². The predicted octanol–water partition coefficient (Wildman–Crippen LogP) is 2.40. The van der Waals surface area contributed by atoms with Crippen LogP contribution in [0.25, 0.3) is 10.8 Å². The van der Waals surface area contributed by atoms with Crippen molar-refractivity contribution in [1.29, 1.82) is 0 Å². The molecule has 2 aromatic carbocycles. The average Bonchev–Trinajstić information content (AvgIpc) is 2.62. The standard InChI is InChI=1S/C15H17NO4S/c16-21(18,19)20-11-6-7-12-10(8-11)9-15(17)14-5-3-1-2-4-13(12)14/h6-9,17H,1-5H2,(H2,16,18,19). The molecular weight excluding hydrogens is 290 g/mol. The van der Waals surface area contributed by atoms with E-state index in [0.717, 1.165) is 54.0 Å². The van der Waals surface area contributed by atoms with Crippen molar-refractivity contribution in [2.75, 3.05) is 0 Å². The molecule has 0 atom stereocenters. The number of benzene rings is 2. The van der Waals surface area contributed by atoms with Crippen LogP contribution in [0.2, 0.25) is 0 Å². The van der Waals surface area contributed by atoms with Gasteiger partial charge in [-0.25, -0.2) is 0 Å². The fourth-order valence-corrected chi connectivity index (χ4v) is 3.39. The van der Waals surface area contributed by atoms with E-state index in [1.54, 1.807) is 18.2 Å². The molecule has 0 aliphatic heterocycles. The van der Waals surface area contributed by atoms with Crippen molar-refractivity contribution in [3.8, 4) is 11.5 Å². The predicted molar refractivity (Wildman–Crippen MR) is 80.6 cm³/mol. The second kappa shape index (κ2) is 5.20. The first-order valence-electron chi connectivity index (χ1n) is 6.94. The molecule has 3 N–H and O–H groups in total. The summed E-state index contributed by atoms with van der Waals surface area (Å²) in [5.41, 5.74) is 2.17. The minimum absolute atomic E-state index is 0.151. The first-order valence-corrected chi connectivity index (χ1v) is 8.41. The molecule has 2 aromatic rings. The van der Waals surface area contributed by atoms with E-state index in [4.69, 9.17) is 5.14 Å². The molecule has 0 heterocycles. The summed E-state index contributed by atoms with van der Waals surface area (Å²) in [7, 11) is -4.04. The van der Waals surface area contributed by atoms with E-state index in [2.05, 4.69) is 4.18 Å². The van der Waals surface area contributed by atoms with Crippen molar-refractivity contribution in [2.45, 2.75) is 32.1 Å². The molecule has 0 saturated carbocycles. The number of hydrogen-bond acceptors (Lipinski definition) is 4. The number of fused-ring (bicyclic) bond motifs is 3. The number of aryl methyl sites for hydroxylation is 1. The number of hydrogen-bond donors (Lipinski definition) is 2. The van der Waals surface area contributed by atoms with Gasteiger partial charge in [0, 0.05) is 0 Å². The SMILES string of the molecule is NS(=O)(=O)Oc1ccc2c3c(c(O)cc2c1)CCCCC3. The monoisotopic (exact) mass is 307 g/mol. The summed E-state index contributed by atoms with van der Waals surface area (Å²) in [5, 5.41) is 16.9. The fraction of sp³-hybridized carbons (Fsp3) is 0.333. The van der Waals surface area contributed by atoms with Crippen LogP contribution in [0, 0.1) is 0 Å². The van der Waals surface area contributed by atoms with Gasteiger partial charge in [-0.1, -0.05) is 12.5 Å². The summed E-state index contributed by atoms with van der Waals surface area (Å²) >= 11 is 0. The molecule has 21 heavy (non-hydrogen) atoms. The molecule has 0 bridgehead atoms. The Morgan fingerprint density at radius 3 is 2.48 bits per heavy atom. The van der Waals surface area contributed by atoms with Gasteiger partial charge in [-0.05, 0) is 65.8 Å². The Morgan fingerprint density at radius 2 is 1.76 bits per heavy atom. The number of nitrogens with two attached hydrogens (primary N) is 1. The van der Waals surface area contributed by atoms with E-state index in [-0.39, 0.29) is 11.5 Å². The summed E-state index contributed by atoms with van der Waals surface area (Å²) in [5.74, 6) is 0.421. The smallest absolute Gasteiger partial charge is 0.380 e. The maximum absolute atomic E-state index is 11.0. The molecule has 3 rings (SSSR count). The first-order chi connectivity index (χ1) is 9.94. The zero-order valence-corrected chi connectivity index (χ0v) is 12.3. The largest absolute Gasteiger partial charge is 0.508 e. The zero-order valence-electron chi connectivity index (χ0n) is 11.5. The fourth-order valence-electron chi connectivity index (χ4n) is 3.02. The van der Waals surface area contributed by atoms with Gasteiger partial charge < -0.3 is 9.29 Å². The number of phenolic OH excluding ortho intramolecular Hbond substituents is 1. The highest BCUT2D eigenvalue weighted by Crippen LogP contribution is 2.36. The van der Waals surface area contributed by atoms with Crippen LogP contribution in [0.1, 0.15) is 30.4 Å². The summed E-state index contributed by atoms with van der Waals surface area (Å²) < 4.78 is 26.7. The Balaban J connectivity index is 2.15. The minimum atomic E-state index is -4.04. The third-order valence-electron chi connectivity index (χ3n) is 3.88. The van der Waals surface area contributed by atoms with E-state index in [9.17, 15) is 13.5 Å². The number of aromatic hydroxyl groups is 1. The quantitative estimate of drug-likeness (QED) is 0.834. The van der Waals surface area contributed by atoms with Crippen LogP contribution in [0.15, 0.2) is 24.3 Å². The Kier molecular flexibility index (Phi) is 3.51. The molecule has 0 aromatic heterocycles. The third kappa shape index (κ3) is 2.96. The van der Waals surface area contributed by atoms with Gasteiger partial charge in [0.2, 0.25) is 0 Å². The molecule has 0 unspecified atom stereocenters. The van der Waals surface area contributed by atoms with E-state index in [1.165, 1.54) is 0 Å². The van der Waals surface area contributed by atoms with Gasteiger partial charge in [-0.15, -0.1) is 0 Å².